The summed E-state index contributed by atoms with van der Waals surface area (Å²) in [6, 6.07) is 6.20. The van der Waals surface area contributed by atoms with E-state index in [9.17, 15) is 0 Å². The van der Waals surface area contributed by atoms with Gasteiger partial charge in [-0.25, -0.2) is 0 Å². The average Bonchev–Trinajstić information content (AvgIpc) is 2.28. The molecule has 1 aromatic rings. The Bertz CT molecular complexity index is 391. The summed E-state index contributed by atoms with van der Waals surface area (Å²) in [6.07, 6.45) is 2.13. The third-order valence-electron chi connectivity index (χ3n) is 2.74. The molecule has 0 saturated carbocycles. The quantitative estimate of drug-likeness (QED) is 0.802. The van der Waals surface area contributed by atoms with Gasteiger partial charge >= 0.3 is 0 Å². The maximum Gasteiger partial charge on any atom is 0.103 e. The average molecular weight is 268 g/mol. The van der Waals surface area contributed by atoms with E-state index in [1.54, 1.807) is 0 Å². The van der Waals surface area contributed by atoms with Crippen molar-refractivity contribution in [2.45, 2.75) is 13.5 Å². The van der Waals surface area contributed by atoms with Crippen LogP contribution in [0.4, 0.5) is 0 Å². The molecule has 2 nitrogen and oxygen atoms in total. The fourth-order valence-electron chi connectivity index (χ4n) is 1.64. The highest BCUT2D eigenvalue weighted by Crippen LogP contribution is 2.13. The molecule has 0 aromatic heterocycles. The second-order valence-electron chi connectivity index (χ2n) is 4.24. The third kappa shape index (κ3) is 4.66. The van der Waals surface area contributed by atoms with E-state index in [2.05, 4.69) is 37.3 Å². The number of aryl methyl sites for hydroxylation is 1. The number of thiocarbonyl (C=S) groups is 1. The van der Waals surface area contributed by atoms with Crippen molar-refractivity contribution >= 4 is 29.0 Å². The van der Waals surface area contributed by atoms with Gasteiger partial charge in [0, 0.05) is 24.4 Å². The van der Waals surface area contributed by atoms with Crippen LogP contribution in [0.5, 0.6) is 0 Å². The number of benzene rings is 1. The van der Waals surface area contributed by atoms with Gasteiger partial charge in [0.15, 0.2) is 0 Å². The maximum atomic E-state index is 5.62. The van der Waals surface area contributed by atoms with Gasteiger partial charge in [0.2, 0.25) is 0 Å². The second kappa shape index (κ2) is 6.99. The van der Waals surface area contributed by atoms with E-state index in [1.807, 2.05) is 17.8 Å². The summed E-state index contributed by atoms with van der Waals surface area (Å²) in [5.74, 6) is 1.17. The molecule has 94 valence electrons. The van der Waals surface area contributed by atoms with Gasteiger partial charge in [-0.05, 0) is 37.4 Å². The lowest BCUT2D eigenvalue weighted by Crippen LogP contribution is -2.21. The van der Waals surface area contributed by atoms with Crippen LogP contribution in [0.15, 0.2) is 18.2 Å². The fraction of sp³-hybridized carbons (Fsp3) is 0.462. The monoisotopic (exact) mass is 268 g/mol. The lowest BCUT2D eigenvalue weighted by Gasteiger charge is -2.17. The van der Waals surface area contributed by atoms with Crippen LogP contribution < -0.4 is 5.73 Å². The summed E-state index contributed by atoms with van der Waals surface area (Å²) in [5.41, 5.74) is 9.17. The first-order chi connectivity index (χ1) is 8.04. The molecule has 0 atom stereocenters. The largest absolute Gasteiger partial charge is 0.389 e. The van der Waals surface area contributed by atoms with Gasteiger partial charge in [0.1, 0.15) is 4.99 Å². The molecule has 0 fully saturated rings. The first-order valence-corrected chi connectivity index (χ1v) is 7.41. The SMILES string of the molecule is CSCCN(C)Cc1ccc(C(N)=S)cc1C. The zero-order valence-corrected chi connectivity index (χ0v) is 12.3. The van der Waals surface area contributed by atoms with E-state index < -0.39 is 0 Å². The molecule has 1 aromatic carbocycles. The Morgan fingerprint density at radius 1 is 1.47 bits per heavy atom. The number of hydrogen-bond donors (Lipinski definition) is 1. The van der Waals surface area contributed by atoms with E-state index in [0.29, 0.717) is 4.99 Å². The molecule has 0 radical (unpaired) electrons. The Kier molecular flexibility index (Phi) is 5.95. The molecule has 1 rings (SSSR count). The van der Waals surface area contributed by atoms with Gasteiger partial charge in [-0.1, -0.05) is 24.4 Å². The summed E-state index contributed by atoms with van der Waals surface area (Å²) in [7, 11) is 2.15. The van der Waals surface area contributed by atoms with Gasteiger partial charge < -0.3 is 10.6 Å². The molecule has 0 aliphatic heterocycles. The van der Waals surface area contributed by atoms with Gasteiger partial charge in [-0.2, -0.15) is 11.8 Å². The van der Waals surface area contributed by atoms with E-state index in [0.717, 1.165) is 18.7 Å². The number of nitrogens with two attached hydrogens (primary N) is 1. The Balaban J connectivity index is 2.69. The summed E-state index contributed by atoms with van der Waals surface area (Å²) < 4.78 is 0. The molecular weight excluding hydrogens is 248 g/mol. The minimum atomic E-state index is 0.468. The molecule has 2 N–H and O–H groups in total. The zero-order chi connectivity index (χ0) is 12.8. The van der Waals surface area contributed by atoms with Crippen molar-refractivity contribution in [2.24, 2.45) is 5.73 Å². The second-order valence-corrected chi connectivity index (χ2v) is 5.66. The molecule has 0 aliphatic rings. The van der Waals surface area contributed by atoms with Crippen LogP contribution in [-0.4, -0.2) is 35.5 Å². The van der Waals surface area contributed by atoms with Crippen LogP contribution in [0.25, 0.3) is 0 Å². The van der Waals surface area contributed by atoms with Gasteiger partial charge in [0.05, 0.1) is 0 Å². The van der Waals surface area contributed by atoms with E-state index in [-0.39, 0.29) is 0 Å². The summed E-state index contributed by atoms with van der Waals surface area (Å²) >= 11 is 6.85. The zero-order valence-electron chi connectivity index (χ0n) is 10.7. The van der Waals surface area contributed by atoms with E-state index in [1.165, 1.54) is 16.9 Å². The number of hydrogen-bond acceptors (Lipinski definition) is 3. The van der Waals surface area contributed by atoms with Crippen LogP contribution in [-0.2, 0) is 6.54 Å². The third-order valence-corrected chi connectivity index (χ3v) is 3.57. The Morgan fingerprint density at radius 2 is 2.18 bits per heavy atom. The van der Waals surface area contributed by atoms with E-state index in [4.69, 9.17) is 18.0 Å². The molecule has 17 heavy (non-hydrogen) atoms. The topological polar surface area (TPSA) is 29.3 Å². The Morgan fingerprint density at radius 3 is 2.71 bits per heavy atom. The molecule has 4 heteroatoms. The summed E-state index contributed by atoms with van der Waals surface area (Å²) in [5, 5.41) is 0. The predicted octanol–water partition coefficient (Wildman–Crippen LogP) is 2.42. The van der Waals surface area contributed by atoms with Crippen molar-refractivity contribution < 1.29 is 0 Å². The molecule has 0 unspecified atom stereocenters. The molecule has 0 spiro atoms. The van der Waals surface area contributed by atoms with Gasteiger partial charge in [-0.15, -0.1) is 0 Å². The maximum absolute atomic E-state index is 5.62. The molecule has 0 amide bonds. The fourth-order valence-corrected chi connectivity index (χ4v) is 2.26. The number of thioether (sulfide) groups is 1. The predicted molar refractivity (Wildman–Crippen MR) is 81.8 cm³/mol. The summed E-state index contributed by atoms with van der Waals surface area (Å²) in [6.45, 7) is 4.20. The van der Waals surface area contributed by atoms with Crippen molar-refractivity contribution in [1.82, 2.24) is 4.90 Å². The number of rotatable bonds is 6. The first-order valence-electron chi connectivity index (χ1n) is 5.61. The van der Waals surface area contributed by atoms with Crippen molar-refractivity contribution in [3.05, 3.63) is 34.9 Å². The van der Waals surface area contributed by atoms with Crippen LogP contribution in [0.3, 0.4) is 0 Å². The number of nitrogens with zero attached hydrogens (tertiary/aromatic N) is 1. The molecule has 0 bridgehead atoms. The van der Waals surface area contributed by atoms with Crippen LogP contribution in [0, 0.1) is 6.92 Å². The van der Waals surface area contributed by atoms with E-state index >= 15 is 0 Å². The Labute approximate surface area is 114 Å². The van der Waals surface area contributed by atoms with Crippen LogP contribution in [0.2, 0.25) is 0 Å². The highest BCUT2D eigenvalue weighted by atomic mass is 32.2. The minimum Gasteiger partial charge on any atom is -0.389 e. The summed E-state index contributed by atoms with van der Waals surface area (Å²) in [4.78, 5) is 2.80. The molecule has 0 saturated heterocycles. The standard InChI is InChI=1S/C13H20N2S2/c1-10-8-11(13(14)16)4-5-12(10)9-15(2)6-7-17-3/h4-5,8H,6-7,9H2,1-3H3,(H2,14,16). The lowest BCUT2D eigenvalue weighted by atomic mass is 10.0. The highest BCUT2D eigenvalue weighted by molar-refractivity contribution is 7.98. The minimum absolute atomic E-state index is 0.468. The van der Waals surface area contributed by atoms with Crippen molar-refractivity contribution in [3.63, 3.8) is 0 Å². The molecule has 0 heterocycles. The van der Waals surface area contributed by atoms with Crippen molar-refractivity contribution in [2.75, 3.05) is 25.6 Å². The molecule has 0 aliphatic carbocycles. The van der Waals surface area contributed by atoms with Gasteiger partial charge in [0.25, 0.3) is 0 Å². The lowest BCUT2D eigenvalue weighted by molar-refractivity contribution is 0.348. The van der Waals surface area contributed by atoms with Crippen LogP contribution in [0.1, 0.15) is 16.7 Å². The van der Waals surface area contributed by atoms with Crippen molar-refractivity contribution in [1.29, 1.82) is 0 Å². The highest BCUT2D eigenvalue weighted by Gasteiger charge is 2.05. The van der Waals surface area contributed by atoms with Crippen molar-refractivity contribution in [3.8, 4) is 0 Å². The van der Waals surface area contributed by atoms with Gasteiger partial charge in [-0.3, -0.25) is 0 Å². The first kappa shape index (κ1) is 14.5. The smallest absolute Gasteiger partial charge is 0.103 e. The normalized spacial score (nSPS) is 10.8. The Hall–Kier alpha value is -0.580. The van der Waals surface area contributed by atoms with Crippen LogP contribution >= 0.6 is 24.0 Å². The molecular formula is C13H20N2S2.